The SMILES string of the molecule is CCN(Cc1ccc(OCCN2CCC3(CC2)OCCO3)c(F)c1)c1cc(OC)ccc1C1CCc2cc(O)ccc2C1. The summed E-state index contributed by atoms with van der Waals surface area (Å²) in [4.78, 5) is 4.61. The Hall–Kier alpha value is -3.33. The highest BCUT2D eigenvalue weighted by Gasteiger charge is 2.39. The lowest BCUT2D eigenvalue weighted by atomic mass is 9.79. The summed E-state index contributed by atoms with van der Waals surface area (Å²) in [5.74, 6) is 1.05. The lowest BCUT2D eigenvalue weighted by Crippen LogP contribution is -2.46. The van der Waals surface area contributed by atoms with Gasteiger partial charge in [0.2, 0.25) is 0 Å². The number of aryl methyl sites for hydroxylation is 1. The van der Waals surface area contributed by atoms with E-state index in [4.69, 9.17) is 18.9 Å². The maximum Gasteiger partial charge on any atom is 0.170 e. The molecule has 8 heteroatoms. The van der Waals surface area contributed by atoms with Crippen LogP contribution in [0.15, 0.2) is 54.6 Å². The molecule has 1 unspecified atom stereocenters. The van der Waals surface area contributed by atoms with Crippen molar-refractivity contribution in [2.45, 2.75) is 57.3 Å². The zero-order chi connectivity index (χ0) is 29.8. The summed E-state index contributed by atoms with van der Waals surface area (Å²) in [6, 6.07) is 17.3. The number of methoxy groups -OCH3 is 1. The number of fused-ring (bicyclic) bond motifs is 1. The quantitative estimate of drug-likeness (QED) is 0.308. The molecule has 1 aliphatic carbocycles. The van der Waals surface area contributed by atoms with Crippen LogP contribution in [-0.4, -0.2) is 68.9 Å². The van der Waals surface area contributed by atoms with Gasteiger partial charge in [-0.1, -0.05) is 18.2 Å². The number of hydrogen-bond acceptors (Lipinski definition) is 7. The smallest absolute Gasteiger partial charge is 0.170 e. The third-order valence-electron chi connectivity index (χ3n) is 9.28. The summed E-state index contributed by atoms with van der Waals surface area (Å²) in [7, 11) is 1.69. The molecule has 2 saturated heterocycles. The normalized spacial score (nSPS) is 19.7. The molecular formula is C35H43FN2O5. The lowest BCUT2D eigenvalue weighted by Gasteiger charge is -2.37. The molecule has 2 heterocycles. The maximum absolute atomic E-state index is 15.2. The predicted octanol–water partition coefficient (Wildman–Crippen LogP) is 6.06. The first kappa shape index (κ1) is 29.7. The molecule has 1 spiro atoms. The highest BCUT2D eigenvalue weighted by molar-refractivity contribution is 5.60. The van der Waals surface area contributed by atoms with Crippen LogP contribution in [0.3, 0.4) is 0 Å². The van der Waals surface area contributed by atoms with Crippen molar-refractivity contribution in [2.24, 2.45) is 0 Å². The average molecular weight is 591 g/mol. The molecule has 43 heavy (non-hydrogen) atoms. The van der Waals surface area contributed by atoms with E-state index in [1.807, 2.05) is 24.3 Å². The Kier molecular flexibility index (Phi) is 9.07. The van der Waals surface area contributed by atoms with E-state index in [9.17, 15) is 5.11 Å². The van der Waals surface area contributed by atoms with Crippen molar-refractivity contribution in [3.05, 3.63) is 82.7 Å². The molecule has 230 valence electrons. The van der Waals surface area contributed by atoms with E-state index in [1.165, 1.54) is 16.7 Å². The fraction of sp³-hybridized carbons (Fsp3) is 0.486. The molecule has 0 radical (unpaired) electrons. The number of piperidine rings is 1. The predicted molar refractivity (Wildman–Crippen MR) is 165 cm³/mol. The number of hydrogen-bond donors (Lipinski definition) is 1. The van der Waals surface area contributed by atoms with Crippen LogP contribution in [0.4, 0.5) is 10.1 Å². The fourth-order valence-electron chi connectivity index (χ4n) is 6.81. The average Bonchev–Trinajstić information content (AvgIpc) is 3.49. The lowest BCUT2D eigenvalue weighted by molar-refractivity contribution is -0.185. The minimum absolute atomic E-state index is 0.289. The van der Waals surface area contributed by atoms with E-state index in [1.54, 1.807) is 25.3 Å². The molecule has 2 fully saturated rings. The minimum Gasteiger partial charge on any atom is -0.508 e. The Morgan fingerprint density at radius 2 is 1.84 bits per heavy atom. The molecule has 7 nitrogen and oxygen atoms in total. The Labute approximate surface area is 254 Å². The number of phenolic OH excluding ortho intramolecular Hbond substituents is 1. The Bertz CT molecular complexity index is 1400. The van der Waals surface area contributed by atoms with Crippen molar-refractivity contribution < 1.29 is 28.4 Å². The van der Waals surface area contributed by atoms with Crippen molar-refractivity contribution in [2.75, 3.05) is 58.0 Å². The number of anilines is 1. The molecular weight excluding hydrogens is 547 g/mol. The molecule has 3 aliphatic rings. The number of halogens is 1. The Balaban J connectivity index is 1.10. The van der Waals surface area contributed by atoms with Gasteiger partial charge in [0, 0.05) is 57.3 Å². The second-order valence-electron chi connectivity index (χ2n) is 11.9. The van der Waals surface area contributed by atoms with Gasteiger partial charge < -0.3 is 29.0 Å². The van der Waals surface area contributed by atoms with Crippen molar-refractivity contribution in [1.82, 2.24) is 4.90 Å². The zero-order valence-corrected chi connectivity index (χ0v) is 25.3. The van der Waals surface area contributed by atoms with Gasteiger partial charge in [-0.05, 0) is 84.7 Å². The summed E-state index contributed by atoms with van der Waals surface area (Å²) in [5.41, 5.74) is 5.80. The standard InChI is InChI=1S/C35H43FN2O5/c1-3-38(33-23-30(40-2)9-10-31(33)28-6-5-27-22-29(39)8-7-26(27)21-28)24-25-4-11-34(32(36)20-25)41-17-16-37-14-12-35(13-15-37)42-18-19-43-35/h4,7-11,20,22-23,28,39H,3,5-6,12-19,21,24H2,1-2H3. The van der Waals surface area contributed by atoms with E-state index < -0.39 is 0 Å². The number of ether oxygens (including phenoxy) is 4. The molecule has 3 aromatic rings. The number of rotatable bonds is 10. The minimum atomic E-state index is -0.385. The van der Waals surface area contributed by atoms with Crippen molar-refractivity contribution >= 4 is 5.69 Å². The number of aromatic hydroxyl groups is 1. The molecule has 2 aliphatic heterocycles. The van der Waals surface area contributed by atoms with E-state index in [-0.39, 0.29) is 17.4 Å². The third kappa shape index (κ3) is 6.77. The van der Waals surface area contributed by atoms with Crippen LogP contribution in [-0.2, 0) is 28.9 Å². The van der Waals surface area contributed by atoms with Crippen LogP contribution in [0.25, 0.3) is 0 Å². The van der Waals surface area contributed by atoms with E-state index in [2.05, 4.69) is 28.9 Å². The summed E-state index contributed by atoms with van der Waals surface area (Å²) in [6.45, 7) is 7.78. The summed E-state index contributed by atoms with van der Waals surface area (Å²) < 4.78 is 38.3. The topological polar surface area (TPSA) is 63.6 Å². The van der Waals surface area contributed by atoms with Crippen LogP contribution < -0.4 is 14.4 Å². The van der Waals surface area contributed by atoms with Gasteiger partial charge in [0.1, 0.15) is 18.1 Å². The van der Waals surface area contributed by atoms with Crippen LogP contribution in [0.2, 0.25) is 0 Å². The first-order chi connectivity index (χ1) is 20.9. The van der Waals surface area contributed by atoms with Crippen LogP contribution in [0.5, 0.6) is 17.2 Å². The number of likely N-dealkylation sites (tertiary alicyclic amines) is 1. The van der Waals surface area contributed by atoms with Gasteiger partial charge >= 0.3 is 0 Å². The largest absolute Gasteiger partial charge is 0.508 e. The first-order valence-electron chi connectivity index (χ1n) is 15.6. The van der Waals surface area contributed by atoms with Gasteiger partial charge in [0.25, 0.3) is 0 Å². The highest BCUT2D eigenvalue weighted by Crippen LogP contribution is 2.40. The van der Waals surface area contributed by atoms with E-state index in [0.29, 0.717) is 38.0 Å². The van der Waals surface area contributed by atoms with E-state index >= 15 is 4.39 Å². The molecule has 0 saturated carbocycles. The summed E-state index contributed by atoms with van der Waals surface area (Å²) in [5, 5.41) is 9.92. The van der Waals surface area contributed by atoms with Crippen LogP contribution in [0.1, 0.15) is 54.4 Å². The molecule has 1 N–H and O–H groups in total. The van der Waals surface area contributed by atoms with Crippen molar-refractivity contribution in [3.63, 3.8) is 0 Å². The van der Waals surface area contributed by atoms with Gasteiger partial charge in [-0.2, -0.15) is 0 Å². The van der Waals surface area contributed by atoms with Gasteiger partial charge in [0.05, 0.1) is 20.3 Å². The Morgan fingerprint density at radius 1 is 1.02 bits per heavy atom. The number of benzene rings is 3. The molecule has 3 aromatic carbocycles. The third-order valence-corrected chi connectivity index (χ3v) is 9.28. The zero-order valence-electron chi connectivity index (χ0n) is 25.3. The second kappa shape index (κ2) is 13.1. The van der Waals surface area contributed by atoms with Crippen LogP contribution >= 0.6 is 0 Å². The highest BCUT2D eigenvalue weighted by atomic mass is 19.1. The molecule has 0 bridgehead atoms. The first-order valence-corrected chi connectivity index (χ1v) is 15.6. The van der Waals surface area contributed by atoms with Gasteiger partial charge in [0.15, 0.2) is 17.4 Å². The fourth-order valence-corrected chi connectivity index (χ4v) is 6.81. The molecule has 0 aromatic heterocycles. The number of nitrogens with zero attached hydrogens (tertiary/aromatic N) is 2. The van der Waals surface area contributed by atoms with Crippen molar-refractivity contribution in [3.8, 4) is 17.2 Å². The van der Waals surface area contributed by atoms with Crippen molar-refractivity contribution in [1.29, 1.82) is 0 Å². The summed E-state index contributed by atoms with van der Waals surface area (Å²) >= 11 is 0. The van der Waals surface area contributed by atoms with Crippen LogP contribution in [0, 0.1) is 5.82 Å². The van der Waals surface area contributed by atoms with Gasteiger partial charge in [-0.15, -0.1) is 0 Å². The molecule has 0 amide bonds. The van der Waals surface area contributed by atoms with Gasteiger partial charge in [-0.25, -0.2) is 4.39 Å². The molecule has 6 rings (SSSR count). The molecule has 1 atom stereocenters. The summed E-state index contributed by atoms with van der Waals surface area (Å²) in [6.07, 6.45) is 4.58. The van der Waals surface area contributed by atoms with Gasteiger partial charge in [-0.3, -0.25) is 4.90 Å². The number of phenols is 1. The Morgan fingerprint density at radius 3 is 2.58 bits per heavy atom. The van der Waals surface area contributed by atoms with E-state index in [0.717, 1.165) is 75.3 Å². The monoisotopic (exact) mass is 590 g/mol. The maximum atomic E-state index is 15.2. The second-order valence-corrected chi connectivity index (χ2v) is 11.9.